The average molecular weight is 497 g/mol. The normalized spacial score (nSPS) is 10.9. The van der Waals surface area contributed by atoms with Crippen molar-refractivity contribution < 1.29 is 9.59 Å². The fourth-order valence-electron chi connectivity index (χ4n) is 3.32. The zero-order valence-corrected chi connectivity index (χ0v) is 20.0. The summed E-state index contributed by atoms with van der Waals surface area (Å²) in [6, 6.07) is 12.7. The molecule has 0 saturated carbocycles. The summed E-state index contributed by atoms with van der Waals surface area (Å²) >= 11 is 7.12. The summed E-state index contributed by atoms with van der Waals surface area (Å²) in [7, 11) is 0. The van der Waals surface area contributed by atoms with Crippen LogP contribution in [0.2, 0.25) is 5.02 Å². The highest BCUT2D eigenvalue weighted by Gasteiger charge is 2.14. The second kappa shape index (κ2) is 10.1. The summed E-state index contributed by atoms with van der Waals surface area (Å²) in [5.41, 5.74) is 3.26. The Morgan fingerprint density at radius 2 is 1.85 bits per heavy atom. The third kappa shape index (κ3) is 5.29. The van der Waals surface area contributed by atoms with Gasteiger partial charge in [-0.05, 0) is 43.2 Å². The lowest BCUT2D eigenvalue weighted by Crippen LogP contribution is -2.34. The van der Waals surface area contributed by atoms with Gasteiger partial charge in [0.15, 0.2) is 10.8 Å². The predicted octanol–water partition coefficient (Wildman–Crippen LogP) is 3.23. The number of carbonyl (C=O) groups excluding carboxylic acids is 2. The molecule has 3 N–H and O–H groups in total. The van der Waals surface area contributed by atoms with Crippen LogP contribution in [-0.2, 0) is 9.59 Å². The van der Waals surface area contributed by atoms with E-state index >= 15 is 0 Å². The molecule has 9 nitrogen and oxygen atoms in total. The van der Waals surface area contributed by atoms with E-state index in [1.807, 2.05) is 32.0 Å². The molecule has 34 heavy (non-hydrogen) atoms. The van der Waals surface area contributed by atoms with Crippen molar-refractivity contribution in [1.82, 2.24) is 25.1 Å². The Balaban J connectivity index is 1.39. The summed E-state index contributed by atoms with van der Waals surface area (Å²) < 4.78 is 1.51. The third-order valence-corrected chi connectivity index (χ3v) is 6.11. The van der Waals surface area contributed by atoms with Crippen LogP contribution in [-0.4, -0.2) is 43.9 Å². The van der Waals surface area contributed by atoms with Crippen molar-refractivity contribution in [3.63, 3.8) is 0 Å². The molecule has 2 aromatic carbocycles. The first-order valence-corrected chi connectivity index (χ1v) is 11.7. The van der Waals surface area contributed by atoms with Crippen LogP contribution in [0.4, 0.5) is 5.69 Å². The molecule has 0 fully saturated rings. The van der Waals surface area contributed by atoms with E-state index in [-0.39, 0.29) is 34.8 Å². The molecule has 4 aromatic rings. The average Bonchev–Trinajstić information content (AvgIpc) is 3.23. The number of aromatic amines is 1. The number of para-hydroxylation sites is 1. The second-order valence-electron chi connectivity index (χ2n) is 7.52. The molecule has 0 aliphatic rings. The number of hydrogen-bond acceptors (Lipinski definition) is 6. The molecule has 0 radical (unpaired) electrons. The van der Waals surface area contributed by atoms with E-state index in [1.165, 1.54) is 10.9 Å². The molecule has 174 valence electrons. The summed E-state index contributed by atoms with van der Waals surface area (Å²) in [5, 5.41) is 10.7. The maximum atomic E-state index is 12.5. The number of H-pyrrole nitrogens is 1. The molecule has 0 spiro atoms. The van der Waals surface area contributed by atoms with E-state index in [1.54, 1.807) is 24.3 Å². The summed E-state index contributed by atoms with van der Waals surface area (Å²) in [6.07, 6.45) is 1.43. The van der Waals surface area contributed by atoms with Crippen LogP contribution in [0.3, 0.4) is 0 Å². The maximum absolute atomic E-state index is 12.5. The first kappa shape index (κ1) is 23.5. The van der Waals surface area contributed by atoms with Crippen molar-refractivity contribution in [1.29, 1.82) is 0 Å². The van der Waals surface area contributed by atoms with Crippen molar-refractivity contribution in [2.75, 3.05) is 17.6 Å². The number of aryl methyl sites for hydroxylation is 2. The van der Waals surface area contributed by atoms with Gasteiger partial charge < -0.3 is 15.6 Å². The Bertz CT molecular complexity index is 1430. The molecule has 0 aliphatic carbocycles. The van der Waals surface area contributed by atoms with Gasteiger partial charge in [0.1, 0.15) is 5.39 Å². The number of amides is 2. The quantitative estimate of drug-likeness (QED) is 0.267. The van der Waals surface area contributed by atoms with Gasteiger partial charge in [0.2, 0.25) is 11.8 Å². The first-order valence-electron chi connectivity index (χ1n) is 10.3. The molecule has 0 unspecified atom stereocenters. The zero-order valence-electron chi connectivity index (χ0n) is 18.4. The van der Waals surface area contributed by atoms with E-state index in [0.717, 1.165) is 28.6 Å². The highest BCUT2D eigenvalue weighted by atomic mass is 35.5. The Kier molecular flexibility index (Phi) is 6.99. The van der Waals surface area contributed by atoms with E-state index in [2.05, 4.69) is 25.7 Å². The summed E-state index contributed by atoms with van der Waals surface area (Å²) in [5.74, 6) is -0.724. The molecule has 0 bridgehead atoms. The number of thioether (sulfide) groups is 1. The van der Waals surface area contributed by atoms with Crippen molar-refractivity contribution in [3.8, 4) is 5.69 Å². The highest BCUT2D eigenvalue weighted by Crippen LogP contribution is 2.20. The van der Waals surface area contributed by atoms with Crippen LogP contribution in [0, 0.1) is 13.8 Å². The Labute approximate surface area is 203 Å². The number of fused-ring (bicyclic) bond motifs is 1. The molecule has 0 aliphatic heterocycles. The molecular weight excluding hydrogens is 476 g/mol. The molecule has 2 aromatic heterocycles. The van der Waals surface area contributed by atoms with Crippen LogP contribution in [0.1, 0.15) is 11.1 Å². The summed E-state index contributed by atoms with van der Waals surface area (Å²) in [6.45, 7) is 3.64. The minimum absolute atomic E-state index is 0.0313. The van der Waals surface area contributed by atoms with Gasteiger partial charge in [-0.15, -0.1) is 0 Å². The van der Waals surface area contributed by atoms with Gasteiger partial charge in [0.05, 0.1) is 24.2 Å². The van der Waals surface area contributed by atoms with Crippen LogP contribution in [0.5, 0.6) is 0 Å². The number of rotatable bonds is 7. The van der Waals surface area contributed by atoms with Crippen molar-refractivity contribution in [3.05, 3.63) is 75.2 Å². The Morgan fingerprint density at radius 3 is 2.59 bits per heavy atom. The van der Waals surface area contributed by atoms with Crippen molar-refractivity contribution in [2.24, 2.45) is 0 Å². The van der Waals surface area contributed by atoms with Gasteiger partial charge in [-0.25, -0.2) is 9.67 Å². The minimum Gasteiger partial charge on any atom is -0.346 e. The molecule has 11 heteroatoms. The van der Waals surface area contributed by atoms with Gasteiger partial charge in [0, 0.05) is 10.7 Å². The van der Waals surface area contributed by atoms with Gasteiger partial charge in [0.25, 0.3) is 5.56 Å². The largest absolute Gasteiger partial charge is 0.346 e. The second-order valence-corrected chi connectivity index (χ2v) is 8.93. The monoisotopic (exact) mass is 496 g/mol. The van der Waals surface area contributed by atoms with Crippen LogP contribution >= 0.6 is 23.4 Å². The number of nitrogens with zero attached hydrogens (tertiary/aromatic N) is 3. The van der Waals surface area contributed by atoms with E-state index in [0.29, 0.717) is 21.7 Å². The lowest BCUT2D eigenvalue weighted by molar-refractivity contribution is -0.122. The van der Waals surface area contributed by atoms with E-state index in [4.69, 9.17) is 11.6 Å². The van der Waals surface area contributed by atoms with Gasteiger partial charge >= 0.3 is 0 Å². The number of hydrogen-bond donors (Lipinski definition) is 3. The van der Waals surface area contributed by atoms with Gasteiger partial charge in [-0.3, -0.25) is 14.4 Å². The highest BCUT2D eigenvalue weighted by molar-refractivity contribution is 7.99. The van der Waals surface area contributed by atoms with Crippen LogP contribution in [0.25, 0.3) is 16.7 Å². The Morgan fingerprint density at radius 1 is 1.12 bits per heavy atom. The molecule has 2 heterocycles. The van der Waals surface area contributed by atoms with E-state index < -0.39 is 0 Å². The fourth-order valence-corrected chi connectivity index (χ4v) is 4.19. The van der Waals surface area contributed by atoms with E-state index in [9.17, 15) is 14.4 Å². The lowest BCUT2D eigenvalue weighted by Gasteiger charge is -2.11. The van der Waals surface area contributed by atoms with Crippen molar-refractivity contribution in [2.45, 2.75) is 19.0 Å². The smallest absolute Gasteiger partial charge is 0.262 e. The van der Waals surface area contributed by atoms with Crippen molar-refractivity contribution >= 4 is 51.9 Å². The number of halogens is 1. The predicted molar refractivity (Wildman–Crippen MR) is 133 cm³/mol. The lowest BCUT2D eigenvalue weighted by atomic mass is 10.1. The fraction of sp³-hybridized carbons (Fsp3) is 0.174. The maximum Gasteiger partial charge on any atom is 0.262 e. The summed E-state index contributed by atoms with van der Waals surface area (Å²) in [4.78, 5) is 44.1. The molecule has 0 saturated heterocycles. The number of carbonyl (C=O) groups is 2. The topological polar surface area (TPSA) is 122 Å². The SMILES string of the molecule is Cc1cccc(C)c1NC(=O)CNC(=O)CSc1nc2c(cnn2-c2cccc(Cl)c2)c(=O)[nH]1. The first-order chi connectivity index (χ1) is 16.3. The van der Waals surface area contributed by atoms with Gasteiger partial charge in [-0.1, -0.05) is 47.6 Å². The number of anilines is 1. The number of benzene rings is 2. The number of aromatic nitrogens is 4. The minimum atomic E-state index is -0.368. The molecule has 4 rings (SSSR count). The number of nitrogens with one attached hydrogen (secondary N) is 3. The zero-order chi connectivity index (χ0) is 24.2. The molecule has 0 atom stereocenters. The standard InChI is InChI=1S/C23H21ClN6O3S/c1-13-5-3-6-14(2)20(13)27-18(31)11-25-19(32)12-34-23-28-21-17(22(33)29-23)10-26-30(21)16-8-4-7-15(24)9-16/h3-10H,11-12H2,1-2H3,(H,25,32)(H,27,31)(H,28,29,33). The molecular formula is C23H21ClN6O3S. The molecule has 2 amide bonds. The van der Waals surface area contributed by atoms with Crippen LogP contribution < -0.4 is 16.2 Å². The Hall–Kier alpha value is -3.63. The third-order valence-electron chi connectivity index (χ3n) is 5.00. The van der Waals surface area contributed by atoms with Crippen LogP contribution in [0.15, 0.2) is 58.6 Å². The van der Waals surface area contributed by atoms with Gasteiger partial charge in [-0.2, -0.15) is 5.10 Å².